The van der Waals surface area contributed by atoms with Crippen LogP contribution in [0.2, 0.25) is 5.02 Å². The maximum atomic E-state index is 12.2. The molecule has 0 fully saturated rings. The number of carbonyl (C=O) groups is 2. The molecule has 0 radical (unpaired) electrons. The highest BCUT2D eigenvalue weighted by molar-refractivity contribution is 6.34. The monoisotopic (exact) mass is 391 g/mol. The summed E-state index contributed by atoms with van der Waals surface area (Å²) in [6.45, 7) is 4.03. The first-order chi connectivity index (χ1) is 12.8. The highest BCUT2D eigenvalue weighted by Gasteiger charge is 2.17. The molecule has 1 amide bonds. The van der Waals surface area contributed by atoms with Crippen LogP contribution in [0, 0.1) is 0 Å². The van der Waals surface area contributed by atoms with E-state index in [2.05, 4.69) is 23.9 Å². The minimum atomic E-state index is -0.584. The maximum Gasteiger partial charge on any atom is 0.341 e. The van der Waals surface area contributed by atoms with E-state index in [0.717, 1.165) is 0 Å². The third kappa shape index (κ3) is 5.37. The molecule has 2 aromatic rings. The SMILES string of the molecule is COC(=O)c1cc(Cl)c(NC(=O)COc2ccc(C(C)C)cc2)cc1OC. The molecule has 0 heterocycles. The average molecular weight is 392 g/mol. The molecule has 0 unspecified atom stereocenters. The molecule has 7 heteroatoms. The lowest BCUT2D eigenvalue weighted by molar-refractivity contribution is -0.118. The highest BCUT2D eigenvalue weighted by Crippen LogP contribution is 2.31. The Labute approximate surface area is 163 Å². The fraction of sp³-hybridized carbons (Fsp3) is 0.300. The molecule has 0 atom stereocenters. The highest BCUT2D eigenvalue weighted by atomic mass is 35.5. The van der Waals surface area contributed by atoms with Crippen LogP contribution < -0.4 is 14.8 Å². The number of anilines is 1. The summed E-state index contributed by atoms with van der Waals surface area (Å²) in [6, 6.07) is 10.4. The number of rotatable bonds is 7. The summed E-state index contributed by atoms with van der Waals surface area (Å²) in [4.78, 5) is 23.9. The van der Waals surface area contributed by atoms with Gasteiger partial charge in [0.05, 0.1) is 24.9 Å². The number of carbonyl (C=O) groups excluding carboxylic acids is 2. The van der Waals surface area contributed by atoms with Gasteiger partial charge < -0.3 is 19.5 Å². The molecule has 0 aliphatic heterocycles. The molecular formula is C20H22ClNO5. The van der Waals surface area contributed by atoms with Gasteiger partial charge in [-0.25, -0.2) is 4.79 Å². The van der Waals surface area contributed by atoms with E-state index in [9.17, 15) is 9.59 Å². The topological polar surface area (TPSA) is 73.9 Å². The lowest BCUT2D eigenvalue weighted by Gasteiger charge is -2.13. The molecule has 0 aliphatic rings. The van der Waals surface area contributed by atoms with Gasteiger partial charge in [-0.05, 0) is 29.7 Å². The summed E-state index contributed by atoms with van der Waals surface area (Å²) in [6.07, 6.45) is 0. The Bertz CT molecular complexity index is 818. The van der Waals surface area contributed by atoms with Crippen molar-refractivity contribution < 1.29 is 23.8 Å². The van der Waals surface area contributed by atoms with Crippen LogP contribution in [0.15, 0.2) is 36.4 Å². The molecule has 1 N–H and O–H groups in total. The van der Waals surface area contributed by atoms with E-state index in [-0.39, 0.29) is 22.9 Å². The largest absolute Gasteiger partial charge is 0.496 e. The third-order valence-electron chi connectivity index (χ3n) is 3.89. The normalized spacial score (nSPS) is 10.4. The van der Waals surface area contributed by atoms with Gasteiger partial charge in [0.1, 0.15) is 17.1 Å². The number of ether oxygens (including phenoxy) is 3. The molecular weight excluding hydrogens is 370 g/mol. The molecule has 0 aromatic heterocycles. The van der Waals surface area contributed by atoms with Crippen LogP contribution in [-0.2, 0) is 9.53 Å². The zero-order valence-corrected chi connectivity index (χ0v) is 16.4. The summed E-state index contributed by atoms with van der Waals surface area (Å²) in [5.74, 6) is 0.288. The number of hydrogen-bond acceptors (Lipinski definition) is 5. The number of halogens is 1. The van der Waals surface area contributed by atoms with Crippen molar-refractivity contribution in [1.29, 1.82) is 0 Å². The lowest BCUT2D eigenvalue weighted by Crippen LogP contribution is -2.20. The Balaban J connectivity index is 2.03. The van der Waals surface area contributed by atoms with Crippen molar-refractivity contribution in [2.45, 2.75) is 19.8 Å². The van der Waals surface area contributed by atoms with E-state index >= 15 is 0 Å². The molecule has 0 bridgehead atoms. The number of hydrogen-bond donors (Lipinski definition) is 1. The summed E-state index contributed by atoms with van der Waals surface area (Å²) in [5.41, 5.74) is 1.67. The average Bonchev–Trinajstić information content (AvgIpc) is 2.67. The van der Waals surface area contributed by atoms with Gasteiger partial charge in [0.15, 0.2) is 6.61 Å². The molecule has 27 heavy (non-hydrogen) atoms. The second-order valence-corrected chi connectivity index (χ2v) is 6.49. The van der Waals surface area contributed by atoms with E-state index in [0.29, 0.717) is 17.4 Å². The van der Waals surface area contributed by atoms with Crippen LogP contribution >= 0.6 is 11.6 Å². The van der Waals surface area contributed by atoms with Gasteiger partial charge in [-0.2, -0.15) is 0 Å². The smallest absolute Gasteiger partial charge is 0.341 e. The van der Waals surface area contributed by atoms with E-state index in [1.165, 1.54) is 31.9 Å². The minimum Gasteiger partial charge on any atom is -0.496 e. The van der Waals surface area contributed by atoms with Crippen LogP contribution in [0.3, 0.4) is 0 Å². The van der Waals surface area contributed by atoms with Crippen molar-refractivity contribution in [1.82, 2.24) is 0 Å². The third-order valence-corrected chi connectivity index (χ3v) is 4.20. The fourth-order valence-electron chi connectivity index (χ4n) is 2.37. The van der Waals surface area contributed by atoms with Crippen molar-refractivity contribution in [3.63, 3.8) is 0 Å². The van der Waals surface area contributed by atoms with Crippen LogP contribution in [0.4, 0.5) is 5.69 Å². The molecule has 6 nitrogen and oxygen atoms in total. The maximum absolute atomic E-state index is 12.2. The van der Waals surface area contributed by atoms with Gasteiger partial charge in [-0.3, -0.25) is 4.79 Å². The first kappa shape index (κ1) is 20.6. The summed E-state index contributed by atoms with van der Waals surface area (Å²) >= 11 is 6.15. The van der Waals surface area contributed by atoms with Crippen LogP contribution in [0.25, 0.3) is 0 Å². The molecule has 144 valence electrons. The molecule has 0 saturated carbocycles. The van der Waals surface area contributed by atoms with Crippen molar-refractivity contribution >= 4 is 29.2 Å². The molecule has 2 aromatic carbocycles. The molecule has 2 rings (SSSR count). The van der Waals surface area contributed by atoms with Crippen molar-refractivity contribution in [3.05, 3.63) is 52.5 Å². The minimum absolute atomic E-state index is 0.171. The Morgan fingerprint density at radius 3 is 2.33 bits per heavy atom. The standard InChI is InChI=1S/C20H22ClNO5/c1-12(2)13-5-7-14(8-6-13)27-11-19(23)22-17-10-18(25-3)15(9-16(17)21)20(24)26-4/h5-10,12H,11H2,1-4H3,(H,22,23). The van der Waals surface area contributed by atoms with E-state index < -0.39 is 11.9 Å². The van der Waals surface area contributed by atoms with Crippen LogP contribution in [0.1, 0.15) is 35.7 Å². The Morgan fingerprint density at radius 2 is 1.78 bits per heavy atom. The second kappa shape index (κ2) is 9.28. The summed E-state index contributed by atoms with van der Waals surface area (Å²) < 4.78 is 15.3. The van der Waals surface area contributed by atoms with Crippen molar-refractivity contribution in [3.8, 4) is 11.5 Å². The number of esters is 1. The van der Waals surface area contributed by atoms with Gasteiger partial charge in [0, 0.05) is 6.07 Å². The number of methoxy groups -OCH3 is 2. The predicted octanol–water partition coefficient (Wildman–Crippen LogP) is 4.28. The van der Waals surface area contributed by atoms with E-state index in [1.54, 1.807) is 0 Å². The van der Waals surface area contributed by atoms with Gasteiger partial charge in [0.25, 0.3) is 5.91 Å². The van der Waals surface area contributed by atoms with Gasteiger partial charge >= 0.3 is 5.97 Å². The van der Waals surface area contributed by atoms with Crippen LogP contribution in [0.5, 0.6) is 11.5 Å². The molecule has 0 spiro atoms. The number of benzene rings is 2. The fourth-order valence-corrected chi connectivity index (χ4v) is 2.58. The Hall–Kier alpha value is -2.73. The number of amides is 1. The van der Waals surface area contributed by atoms with Crippen molar-refractivity contribution in [2.75, 3.05) is 26.1 Å². The number of nitrogens with one attached hydrogen (secondary N) is 1. The zero-order valence-electron chi connectivity index (χ0n) is 15.7. The summed E-state index contributed by atoms with van der Waals surface area (Å²) in [5, 5.41) is 2.83. The van der Waals surface area contributed by atoms with Crippen LogP contribution in [-0.4, -0.2) is 32.7 Å². The first-order valence-corrected chi connectivity index (χ1v) is 8.72. The van der Waals surface area contributed by atoms with Gasteiger partial charge in [-0.1, -0.05) is 37.6 Å². The van der Waals surface area contributed by atoms with Gasteiger partial charge in [-0.15, -0.1) is 0 Å². The zero-order chi connectivity index (χ0) is 20.0. The molecule has 0 aliphatic carbocycles. The van der Waals surface area contributed by atoms with Crippen molar-refractivity contribution in [2.24, 2.45) is 0 Å². The predicted molar refractivity (Wildman–Crippen MR) is 104 cm³/mol. The van der Waals surface area contributed by atoms with E-state index in [1.807, 2.05) is 24.3 Å². The quantitative estimate of drug-likeness (QED) is 0.713. The Kier molecular flexibility index (Phi) is 7.07. The Morgan fingerprint density at radius 1 is 1.11 bits per heavy atom. The van der Waals surface area contributed by atoms with Gasteiger partial charge in [0.2, 0.25) is 0 Å². The first-order valence-electron chi connectivity index (χ1n) is 8.34. The second-order valence-electron chi connectivity index (χ2n) is 6.08. The lowest BCUT2D eigenvalue weighted by atomic mass is 10.0. The summed E-state index contributed by atoms with van der Waals surface area (Å²) in [7, 11) is 2.67. The van der Waals surface area contributed by atoms with E-state index in [4.69, 9.17) is 21.1 Å². The molecule has 0 saturated heterocycles.